The molecule has 0 aromatic carbocycles. The first-order valence-electron chi connectivity index (χ1n) is 34.1. The maximum Gasteiger partial charge on any atom is 0.306 e. The Morgan fingerprint density at radius 3 is 0.766 bits per heavy atom. The van der Waals surface area contributed by atoms with Crippen molar-refractivity contribution < 1.29 is 28.6 Å². The van der Waals surface area contributed by atoms with Crippen LogP contribution >= 0.6 is 0 Å². The molecule has 0 N–H and O–H groups in total. The first-order valence-corrected chi connectivity index (χ1v) is 34.1. The fraction of sp³-hybridized carbons (Fsp3) is 0.845. The van der Waals surface area contributed by atoms with E-state index in [0.717, 1.165) is 70.6 Å². The zero-order valence-corrected chi connectivity index (χ0v) is 51.7. The van der Waals surface area contributed by atoms with Gasteiger partial charge in [0.25, 0.3) is 0 Å². The van der Waals surface area contributed by atoms with Crippen molar-refractivity contribution in [1.29, 1.82) is 0 Å². The fourth-order valence-electron chi connectivity index (χ4n) is 10.1. The van der Waals surface area contributed by atoms with Crippen molar-refractivity contribution >= 4 is 17.9 Å². The van der Waals surface area contributed by atoms with Crippen LogP contribution in [0.25, 0.3) is 0 Å². The van der Waals surface area contributed by atoms with Crippen molar-refractivity contribution in [3.63, 3.8) is 0 Å². The molecule has 6 nitrogen and oxygen atoms in total. The molecule has 0 saturated heterocycles. The van der Waals surface area contributed by atoms with Gasteiger partial charge in [0.1, 0.15) is 13.2 Å². The third-order valence-corrected chi connectivity index (χ3v) is 15.3. The summed E-state index contributed by atoms with van der Waals surface area (Å²) in [6, 6.07) is 0. The van der Waals surface area contributed by atoms with E-state index in [1.165, 1.54) is 257 Å². The van der Waals surface area contributed by atoms with Gasteiger partial charge < -0.3 is 14.2 Å². The van der Waals surface area contributed by atoms with Crippen molar-refractivity contribution in [3.8, 4) is 0 Å². The van der Waals surface area contributed by atoms with Crippen LogP contribution in [0.3, 0.4) is 0 Å². The smallest absolute Gasteiger partial charge is 0.306 e. The number of allylic oxidation sites excluding steroid dienone is 8. The summed E-state index contributed by atoms with van der Waals surface area (Å²) in [6.45, 7) is 6.63. The van der Waals surface area contributed by atoms with E-state index in [4.69, 9.17) is 14.2 Å². The molecule has 1 unspecified atom stereocenters. The molecule has 77 heavy (non-hydrogen) atoms. The zero-order valence-electron chi connectivity index (χ0n) is 51.7. The molecule has 0 aromatic rings. The second kappa shape index (κ2) is 65.9. The maximum absolute atomic E-state index is 12.9. The Kier molecular flexibility index (Phi) is 63.6. The lowest BCUT2D eigenvalue weighted by Gasteiger charge is -2.18. The quantitative estimate of drug-likeness (QED) is 0.0261. The molecule has 0 aliphatic heterocycles. The summed E-state index contributed by atoms with van der Waals surface area (Å²) in [5, 5.41) is 0. The van der Waals surface area contributed by atoms with Gasteiger partial charge in [0, 0.05) is 19.3 Å². The van der Waals surface area contributed by atoms with Crippen LogP contribution in [0, 0.1) is 0 Å². The lowest BCUT2D eigenvalue weighted by atomic mass is 10.0. The van der Waals surface area contributed by atoms with E-state index in [0.29, 0.717) is 19.3 Å². The largest absolute Gasteiger partial charge is 0.462 e. The van der Waals surface area contributed by atoms with Crippen LogP contribution in [-0.2, 0) is 28.6 Å². The second-order valence-electron chi connectivity index (χ2n) is 23.1. The third kappa shape index (κ3) is 64.1. The molecule has 0 radical (unpaired) electrons. The van der Waals surface area contributed by atoms with Gasteiger partial charge in [-0.3, -0.25) is 14.4 Å². The Morgan fingerprint density at radius 2 is 0.481 bits per heavy atom. The molecule has 0 spiro atoms. The Bertz CT molecular complexity index is 1330. The standard InChI is InChI=1S/C71H130O6/c1-4-7-10-13-16-19-22-24-26-28-29-30-31-32-33-34-35-36-37-38-39-40-41-43-44-46-49-52-55-58-61-64-70(73)76-67-68(66-75-69(72)63-60-57-54-51-48-21-18-15-12-9-6-3)77-71(74)65-62-59-56-53-50-47-45-42-27-25-23-20-17-14-11-8-5-2/h15,18,22,24-25,27-29,68H,4-14,16-17,19-21,23,26,30-67H2,1-3H3/b18-15-,24-22-,27-25-,29-28-. The third-order valence-electron chi connectivity index (χ3n) is 15.3. The second-order valence-corrected chi connectivity index (χ2v) is 23.1. The van der Waals surface area contributed by atoms with Gasteiger partial charge in [0.15, 0.2) is 6.10 Å². The highest BCUT2D eigenvalue weighted by atomic mass is 16.6. The van der Waals surface area contributed by atoms with Crippen LogP contribution in [0.15, 0.2) is 48.6 Å². The van der Waals surface area contributed by atoms with Crippen molar-refractivity contribution in [3.05, 3.63) is 48.6 Å². The Balaban J connectivity index is 4.12. The van der Waals surface area contributed by atoms with Crippen LogP contribution in [-0.4, -0.2) is 37.2 Å². The van der Waals surface area contributed by atoms with Gasteiger partial charge in [-0.25, -0.2) is 0 Å². The number of rotatable bonds is 63. The Morgan fingerprint density at radius 1 is 0.260 bits per heavy atom. The number of hydrogen-bond donors (Lipinski definition) is 0. The van der Waals surface area contributed by atoms with Crippen LogP contribution in [0.2, 0.25) is 0 Å². The number of carbonyl (C=O) groups is 3. The minimum Gasteiger partial charge on any atom is -0.462 e. The zero-order chi connectivity index (χ0) is 55.7. The van der Waals surface area contributed by atoms with Crippen molar-refractivity contribution in [2.45, 2.75) is 374 Å². The van der Waals surface area contributed by atoms with Crippen molar-refractivity contribution in [2.24, 2.45) is 0 Å². The minimum absolute atomic E-state index is 0.0736. The van der Waals surface area contributed by atoms with Crippen LogP contribution in [0.4, 0.5) is 0 Å². The fourth-order valence-corrected chi connectivity index (χ4v) is 10.1. The SMILES string of the molecule is CCCC/C=C\CCCCCCCC(=O)OCC(COC(=O)CCCCCCCCCCCCCCCCCCCCC/C=C\C/C=C\CCCCCCC)OC(=O)CCCCCCCCC/C=C\CCCCCCCC. The Hall–Kier alpha value is -2.63. The van der Waals surface area contributed by atoms with Gasteiger partial charge in [0.05, 0.1) is 0 Å². The molecule has 0 rings (SSSR count). The number of unbranched alkanes of at least 4 members (excludes halogenated alkanes) is 44. The molecule has 0 bridgehead atoms. The topological polar surface area (TPSA) is 78.9 Å². The molecule has 0 aliphatic carbocycles. The molecule has 0 aliphatic rings. The highest BCUT2D eigenvalue weighted by Crippen LogP contribution is 2.18. The molecule has 1 atom stereocenters. The minimum atomic E-state index is -0.777. The van der Waals surface area contributed by atoms with Gasteiger partial charge in [0.2, 0.25) is 0 Å². The summed E-state index contributed by atoms with van der Waals surface area (Å²) in [5.41, 5.74) is 0. The van der Waals surface area contributed by atoms with Gasteiger partial charge in [-0.2, -0.15) is 0 Å². The number of carbonyl (C=O) groups excluding carboxylic acids is 3. The summed E-state index contributed by atoms with van der Waals surface area (Å²) >= 11 is 0. The van der Waals surface area contributed by atoms with E-state index in [9.17, 15) is 14.4 Å². The molecular weight excluding hydrogens is 949 g/mol. The highest BCUT2D eigenvalue weighted by molar-refractivity contribution is 5.71. The summed E-state index contributed by atoms with van der Waals surface area (Å²) in [6.07, 6.45) is 82.9. The number of esters is 3. The predicted octanol–water partition coefficient (Wildman–Crippen LogP) is 23.3. The number of ether oxygens (including phenoxy) is 3. The molecule has 0 aromatic heterocycles. The van der Waals surface area contributed by atoms with E-state index in [1.54, 1.807) is 0 Å². The van der Waals surface area contributed by atoms with Crippen molar-refractivity contribution in [2.75, 3.05) is 13.2 Å². The Labute approximate surface area is 479 Å². The van der Waals surface area contributed by atoms with Crippen LogP contribution in [0.1, 0.15) is 367 Å². The van der Waals surface area contributed by atoms with E-state index in [-0.39, 0.29) is 31.1 Å². The summed E-state index contributed by atoms with van der Waals surface area (Å²) in [4.78, 5) is 38.3. The molecular formula is C71H130O6. The summed E-state index contributed by atoms with van der Waals surface area (Å²) in [5.74, 6) is -0.867. The average molecular weight is 1080 g/mol. The lowest BCUT2D eigenvalue weighted by Crippen LogP contribution is -2.30. The molecule has 6 heteroatoms. The first kappa shape index (κ1) is 74.4. The summed E-state index contributed by atoms with van der Waals surface area (Å²) in [7, 11) is 0. The van der Waals surface area contributed by atoms with E-state index in [1.807, 2.05) is 0 Å². The molecule has 0 fully saturated rings. The molecule has 0 amide bonds. The van der Waals surface area contributed by atoms with Gasteiger partial charge in [-0.05, 0) is 96.3 Å². The predicted molar refractivity (Wildman–Crippen MR) is 335 cm³/mol. The molecule has 0 saturated carbocycles. The van der Waals surface area contributed by atoms with Gasteiger partial charge in [-0.1, -0.05) is 301 Å². The van der Waals surface area contributed by atoms with Gasteiger partial charge in [-0.15, -0.1) is 0 Å². The van der Waals surface area contributed by atoms with Crippen LogP contribution < -0.4 is 0 Å². The normalized spacial score (nSPS) is 12.3. The number of hydrogen-bond acceptors (Lipinski definition) is 6. The van der Waals surface area contributed by atoms with E-state index >= 15 is 0 Å². The van der Waals surface area contributed by atoms with Crippen molar-refractivity contribution in [1.82, 2.24) is 0 Å². The average Bonchev–Trinajstić information content (AvgIpc) is 3.43. The maximum atomic E-state index is 12.9. The molecule has 450 valence electrons. The first-order chi connectivity index (χ1) is 38.0. The van der Waals surface area contributed by atoms with E-state index < -0.39 is 6.10 Å². The monoisotopic (exact) mass is 1080 g/mol. The highest BCUT2D eigenvalue weighted by Gasteiger charge is 2.19. The summed E-state index contributed by atoms with van der Waals surface area (Å²) < 4.78 is 16.9. The van der Waals surface area contributed by atoms with Gasteiger partial charge >= 0.3 is 17.9 Å². The van der Waals surface area contributed by atoms with E-state index in [2.05, 4.69) is 69.4 Å². The van der Waals surface area contributed by atoms with Crippen LogP contribution in [0.5, 0.6) is 0 Å². The lowest BCUT2D eigenvalue weighted by molar-refractivity contribution is -0.167. The molecule has 0 heterocycles.